The molecule has 0 saturated carbocycles. The van der Waals surface area contributed by atoms with Gasteiger partial charge in [0.1, 0.15) is 18.6 Å². The Balaban J connectivity index is 1.99. The zero-order chi connectivity index (χ0) is 18.6. The standard InChI is InChI=1S/C18H28N6O2/c1-4-19-18(20-13-17-23-21-14-24(17)5-2)22-15-8-6-9-16(12-15)26-11-7-10-25-3/h6,8-9,12,14H,4-5,7,10-11,13H2,1-3H3,(H2,19,20,22). The lowest BCUT2D eigenvalue weighted by Crippen LogP contribution is -2.30. The highest BCUT2D eigenvalue weighted by Gasteiger charge is 2.04. The van der Waals surface area contributed by atoms with E-state index in [1.165, 1.54) is 0 Å². The van der Waals surface area contributed by atoms with Crippen LogP contribution in [-0.4, -0.2) is 47.6 Å². The van der Waals surface area contributed by atoms with Gasteiger partial charge in [-0.3, -0.25) is 0 Å². The van der Waals surface area contributed by atoms with Crippen molar-refractivity contribution in [3.63, 3.8) is 0 Å². The molecule has 2 aromatic rings. The first kappa shape index (κ1) is 19.7. The minimum Gasteiger partial charge on any atom is -0.493 e. The topological polar surface area (TPSA) is 85.6 Å². The summed E-state index contributed by atoms with van der Waals surface area (Å²) in [6, 6.07) is 7.81. The van der Waals surface area contributed by atoms with Crippen LogP contribution in [0.1, 0.15) is 26.1 Å². The van der Waals surface area contributed by atoms with Gasteiger partial charge in [0.2, 0.25) is 0 Å². The van der Waals surface area contributed by atoms with E-state index in [4.69, 9.17) is 9.47 Å². The molecule has 0 unspecified atom stereocenters. The summed E-state index contributed by atoms with van der Waals surface area (Å²) in [6.07, 6.45) is 2.58. The summed E-state index contributed by atoms with van der Waals surface area (Å²) in [5.41, 5.74) is 0.908. The van der Waals surface area contributed by atoms with Gasteiger partial charge in [0.05, 0.1) is 6.61 Å². The summed E-state index contributed by atoms with van der Waals surface area (Å²) in [4.78, 5) is 4.59. The van der Waals surface area contributed by atoms with Gasteiger partial charge in [-0.05, 0) is 26.0 Å². The Morgan fingerprint density at radius 3 is 2.92 bits per heavy atom. The molecule has 0 saturated heterocycles. The Morgan fingerprint density at radius 2 is 2.15 bits per heavy atom. The summed E-state index contributed by atoms with van der Waals surface area (Å²) in [5.74, 6) is 2.34. The number of hydrogen-bond donors (Lipinski definition) is 2. The molecule has 8 heteroatoms. The Morgan fingerprint density at radius 1 is 1.27 bits per heavy atom. The van der Waals surface area contributed by atoms with E-state index in [0.29, 0.717) is 25.7 Å². The maximum Gasteiger partial charge on any atom is 0.196 e. The number of aryl methyl sites for hydroxylation is 1. The number of aliphatic imine (C=N–C) groups is 1. The Labute approximate surface area is 154 Å². The summed E-state index contributed by atoms with van der Waals surface area (Å²) in [6.45, 7) is 7.44. The van der Waals surface area contributed by atoms with E-state index in [-0.39, 0.29) is 0 Å². The smallest absolute Gasteiger partial charge is 0.196 e. The van der Waals surface area contributed by atoms with Crippen molar-refractivity contribution in [3.8, 4) is 5.75 Å². The van der Waals surface area contributed by atoms with Gasteiger partial charge < -0.3 is 24.7 Å². The third-order valence-corrected chi connectivity index (χ3v) is 3.62. The first-order chi connectivity index (χ1) is 12.8. The van der Waals surface area contributed by atoms with Crippen LogP contribution in [0.15, 0.2) is 35.6 Å². The van der Waals surface area contributed by atoms with Gasteiger partial charge in [-0.1, -0.05) is 6.07 Å². The van der Waals surface area contributed by atoms with Gasteiger partial charge in [-0.2, -0.15) is 0 Å². The summed E-state index contributed by atoms with van der Waals surface area (Å²) in [7, 11) is 1.69. The highest BCUT2D eigenvalue weighted by Crippen LogP contribution is 2.17. The third-order valence-electron chi connectivity index (χ3n) is 3.62. The van der Waals surface area contributed by atoms with Crippen LogP contribution in [0.2, 0.25) is 0 Å². The van der Waals surface area contributed by atoms with E-state index in [9.17, 15) is 0 Å². The monoisotopic (exact) mass is 360 g/mol. The van der Waals surface area contributed by atoms with E-state index < -0.39 is 0 Å². The second-order valence-electron chi connectivity index (χ2n) is 5.58. The van der Waals surface area contributed by atoms with E-state index >= 15 is 0 Å². The molecule has 142 valence electrons. The van der Waals surface area contributed by atoms with Crippen LogP contribution in [0.4, 0.5) is 5.69 Å². The van der Waals surface area contributed by atoms with Gasteiger partial charge in [0.15, 0.2) is 11.8 Å². The van der Waals surface area contributed by atoms with Crippen LogP contribution < -0.4 is 15.4 Å². The van der Waals surface area contributed by atoms with Crippen molar-refractivity contribution in [2.45, 2.75) is 33.4 Å². The normalized spacial score (nSPS) is 11.4. The lowest BCUT2D eigenvalue weighted by atomic mass is 10.3. The van der Waals surface area contributed by atoms with Gasteiger partial charge in [-0.25, -0.2) is 4.99 Å². The fraction of sp³-hybridized carbons (Fsp3) is 0.500. The number of nitrogens with zero attached hydrogens (tertiary/aromatic N) is 4. The van der Waals surface area contributed by atoms with Gasteiger partial charge >= 0.3 is 0 Å². The summed E-state index contributed by atoms with van der Waals surface area (Å²) < 4.78 is 12.7. The van der Waals surface area contributed by atoms with E-state index in [1.54, 1.807) is 13.4 Å². The van der Waals surface area contributed by atoms with Crippen molar-refractivity contribution < 1.29 is 9.47 Å². The number of nitrogens with one attached hydrogen (secondary N) is 2. The Bertz CT molecular complexity index is 686. The predicted octanol–water partition coefficient (Wildman–Crippen LogP) is 2.29. The van der Waals surface area contributed by atoms with Crippen molar-refractivity contribution in [1.29, 1.82) is 0 Å². The highest BCUT2D eigenvalue weighted by atomic mass is 16.5. The van der Waals surface area contributed by atoms with Crippen molar-refractivity contribution in [1.82, 2.24) is 20.1 Å². The average Bonchev–Trinajstić information content (AvgIpc) is 3.11. The predicted molar refractivity (Wildman–Crippen MR) is 103 cm³/mol. The lowest BCUT2D eigenvalue weighted by Gasteiger charge is -2.13. The van der Waals surface area contributed by atoms with E-state index in [0.717, 1.165) is 36.8 Å². The van der Waals surface area contributed by atoms with Crippen molar-refractivity contribution in [2.24, 2.45) is 4.99 Å². The van der Waals surface area contributed by atoms with Crippen molar-refractivity contribution >= 4 is 11.6 Å². The molecule has 26 heavy (non-hydrogen) atoms. The molecule has 0 spiro atoms. The lowest BCUT2D eigenvalue weighted by molar-refractivity contribution is 0.172. The zero-order valence-electron chi connectivity index (χ0n) is 15.7. The Hall–Kier alpha value is -2.61. The zero-order valence-corrected chi connectivity index (χ0v) is 15.7. The molecule has 0 aliphatic carbocycles. The summed E-state index contributed by atoms with van der Waals surface area (Å²) in [5, 5.41) is 14.6. The molecule has 0 radical (unpaired) electrons. The number of aromatic nitrogens is 3. The van der Waals surface area contributed by atoms with Crippen LogP contribution in [-0.2, 0) is 17.8 Å². The molecule has 0 amide bonds. The third kappa shape index (κ3) is 6.36. The fourth-order valence-electron chi connectivity index (χ4n) is 2.32. The van der Waals surface area contributed by atoms with E-state index in [2.05, 4.69) is 32.7 Å². The molecular weight excluding hydrogens is 332 g/mol. The maximum atomic E-state index is 5.74. The molecular formula is C18H28N6O2. The fourth-order valence-corrected chi connectivity index (χ4v) is 2.32. The average molecular weight is 360 g/mol. The van der Waals surface area contributed by atoms with Crippen LogP contribution in [0.25, 0.3) is 0 Å². The molecule has 1 heterocycles. The first-order valence-corrected chi connectivity index (χ1v) is 8.90. The minimum absolute atomic E-state index is 0.455. The minimum atomic E-state index is 0.455. The first-order valence-electron chi connectivity index (χ1n) is 8.90. The van der Waals surface area contributed by atoms with Crippen LogP contribution in [0, 0.1) is 0 Å². The second kappa shape index (κ2) is 11.1. The molecule has 1 aromatic heterocycles. The highest BCUT2D eigenvalue weighted by molar-refractivity contribution is 5.93. The van der Waals surface area contributed by atoms with Crippen LogP contribution >= 0.6 is 0 Å². The molecule has 0 aliphatic heterocycles. The number of ether oxygens (including phenoxy) is 2. The van der Waals surface area contributed by atoms with Gasteiger partial charge in [0.25, 0.3) is 0 Å². The molecule has 0 fully saturated rings. The van der Waals surface area contributed by atoms with Gasteiger partial charge in [-0.15, -0.1) is 10.2 Å². The molecule has 2 rings (SSSR count). The van der Waals surface area contributed by atoms with Crippen molar-refractivity contribution in [2.75, 3.05) is 32.2 Å². The van der Waals surface area contributed by atoms with Crippen LogP contribution in [0.3, 0.4) is 0 Å². The molecule has 8 nitrogen and oxygen atoms in total. The molecule has 0 atom stereocenters. The molecule has 2 N–H and O–H groups in total. The van der Waals surface area contributed by atoms with E-state index in [1.807, 2.05) is 35.8 Å². The number of methoxy groups -OCH3 is 1. The second-order valence-corrected chi connectivity index (χ2v) is 5.58. The SMILES string of the molecule is CCNC(=NCc1nncn1CC)Nc1cccc(OCCCOC)c1. The van der Waals surface area contributed by atoms with Crippen molar-refractivity contribution in [3.05, 3.63) is 36.4 Å². The number of anilines is 1. The molecule has 1 aromatic carbocycles. The summed E-state index contributed by atoms with van der Waals surface area (Å²) >= 11 is 0. The molecule has 0 aliphatic rings. The number of rotatable bonds is 10. The largest absolute Gasteiger partial charge is 0.493 e. The quantitative estimate of drug-likeness (QED) is 0.384. The maximum absolute atomic E-state index is 5.74. The number of hydrogen-bond acceptors (Lipinski definition) is 5. The van der Waals surface area contributed by atoms with Gasteiger partial charge in [0, 0.05) is 45.0 Å². The number of benzene rings is 1. The molecule has 0 bridgehead atoms. The number of guanidine groups is 1. The van der Waals surface area contributed by atoms with Crippen LogP contribution in [0.5, 0.6) is 5.75 Å². The Kier molecular flexibility index (Phi) is 8.41.